The molecule has 2 heterocycles. The zero-order valence-electron chi connectivity index (χ0n) is 20.3. The number of carbonyl (C=O) groups excluding carboxylic acids is 1. The molecule has 2 unspecified atom stereocenters. The number of morpholine rings is 1. The predicted molar refractivity (Wildman–Crippen MR) is 136 cm³/mol. The van der Waals surface area contributed by atoms with Gasteiger partial charge in [0.2, 0.25) is 0 Å². The lowest BCUT2D eigenvalue weighted by Crippen LogP contribution is -2.53. The molecule has 1 amide bonds. The third-order valence-electron chi connectivity index (χ3n) is 5.72. The van der Waals surface area contributed by atoms with Crippen LogP contribution in [0.4, 0.5) is 4.79 Å². The van der Waals surface area contributed by atoms with Crippen LogP contribution in [-0.2, 0) is 9.47 Å². The van der Waals surface area contributed by atoms with Gasteiger partial charge in [-0.05, 0) is 45.4 Å². The van der Waals surface area contributed by atoms with Crippen molar-refractivity contribution in [2.45, 2.75) is 59.1 Å². The van der Waals surface area contributed by atoms with Crippen LogP contribution in [0.2, 0.25) is 0 Å². The highest BCUT2D eigenvalue weighted by Crippen LogP contribution is 2.19. The first-order valence-electron chi connectivity index (χ1n) is 11.4. The molecule has 0 saturated carbocycles. The summed E-state index contributed by atoms with van der Waals surface area (Å²) in [7, 11) is 1.81. The van der Waals surface area contributed by atoms with Gasteiger partial charge in [-0.2, -0.15) is 0 Å². The third-order valence-corrected chi connectivity index (χ3v) is 5.72. The monoisotopic (exact) mass is 553 g/mol. The third kappa shape index (κ3) is 10.1. The second kappa shape index (κ2) is 13.7. The number of nitrogens with one attached hydrogen (secondary N) is 2. The summed E-state index contributed by atoms with van der Waals surface area (Å²) in [5.41, 5.74) is -0.457. The molecule has 31 heavy (non-hydrogen) atoms. The van der Waals surface area contributed by atoms with E-state index in [1.807, 2.05) is 32.7 Å². The van der Waals surface area contributed by atoms with Crippen LogP contribution in [0.25, 0.3) is 0 Å². The zero-order valence-corrected chi connectivity index (χ0v) is 22.6. The number of aliphatic imine (C=N–C) groups is 1. The predicted octanol–water partition coefficient (Wildman–Crippen LogP) is 2.77. The maximum atomic E-state index is 12.4. The van der Waals surface area contributed by atoms with Gasteiger partial charge in [-0.25, -0.2) is 4.79 Å². The summed E-state index contributed by atoms with van der Waals surface area (Å²) in [5, 5.41) is 6.96. The minimum absolute atomic E-state index is 0. The molecular weight excluding hydrogens is 509 g/mol. The Bertz CT molecular complexity index is 562. The first-order chi connectivity index (χ1) is 14.2. The van der Waals surface area contributed by atoms with E-state index < -0.39 is 5.60 Å². The molecule has 9 heteroatoms. The Morgan fingerprint density at radius 2 is 1.87 bits per heavy atom. The van der Waals surface area contributed by atoms with Gasteiger partial charge in [-0.1, -0.05) is 13.8 Å². The second-order valence-electron chi connectivity index (χ2n) is 9.73. The summed E-state index contributed by atoms with van der Waals surface area (Å²) < 4.78 is 11.0. The van der Waals surface area contributed by atoms with Gasteiger partial charge in [0.15, 0.2) is 5.96 Å². The van der Waals surface area contributed by atoms with Gasteiger partial charge in [0.1, 0.15) is 5.60 Å². The van der Waals surface area contributed by atoms with Crippen LogP contribution in [0.1, 0.15) is 47.5 Å². The Balaban J connectivity index is 0.00000480. The van der Waals surface area contributed by atoms with Crippen molar-refractivity contribution in [2.75, 3.05) is 59.5 Å². The summed E-state index contributed by atoms with van der Waals surface area (Å²) in [6.45, 7) is 17.0. The minimum Gasteiger partial charge on any atom is -0.444 e. The van der Waals surface area contributed by atoms with Crippen molar-refractivity contribution in [2.24, 2.45) is 16.8 Å². The van der Waals surface area contributed by atoms with Crippen LogP contribution in [0.15, 0.2) is 4.99 Å². The van der Waals surface area contributed by atoms with Gasteiger partial charge in [0, 0.05) is 52.4 Å². The zero-order chi connectivity index (χ0) is 22.1. The Morgan fingerprint density at radius 3 is 2.45 bits per heavy atom. The van der Waals surface area contributed by atoms with Crippen LogP contribution in [0.5, 0.6) is 0 Å². The summed E-state index contributed by atoms with van der Waals surface area (Å²) in [6, 6.07) is 0.449. The molecule has 0 bridgehead atoms. The number of carbonyl (C=O) groups is 1. The van der Waals surface area contributed by atoms with E-state index in [9.17, 15) is 4.79 Å². The van der Waals surface area contributed by atoms with Crippen molar-refractivity contribution in [3.05, 3.63) is 0 Å². The van der Waals surface area contributed by atoms with E-state index in [0.717, 1.165) is 71.3 Å². The van der Waals surface area contributed by atoms with Gasteiger partial charge in [0.25, 0.3) is 0 Å². The number of ether oxygens (including phenoxy) is 2. The molecule has 2 atom stereocenters. The highest BCUT2D eigenvalue weighted by molar-refractivity contribution is 14.0. The average molecular weight is 554 g/mol. The van der Waals surface area contributed by atoms with E-state index in [4.69, 9.17) is 9.47 Å². The van der Waals surface area contributed by atoms with Crippen molar-refractivity contribution in [1.82, 2.24) is 20.4 Å². The van der Waals surface area contributed by atoms with E-state index in [1.165, 1.54) is 0 Å². The maximum absolute atomic E-state index is 12.4. The number of guanidine groups is 1. The van der Waals surface area contributed by atoms with Gasteiger partial charge >= 0.3 is 6.09 Å². The Labute approximate surface area is 205 Å². The number of rotatable bonds is 6. The quantitative estimate of drug-likeness (QED) is 0.299. The minimum atomic E-state index is -0.457. The molecular formula is C22H44IN5O3. The van der Waals surface area contributed by atoms with Crippen LogP contribution in [0, 0.1) is 11.8 Å². The molecule has 0 aromatic heterocycles. The average Bonchev–Trinajstić information content (AvgIpc) is 2.70. The van der Waals surface area contributed by atoms with Crippen molar-refractivity contribution < 1.29 is 14.3 Å². The number of halogens is 1. The van der Waals surface area contributed by atoms with E-state index in [2.05, 4.69) is 34.4 Å². The number of nitrogens with zero attached hydrogens (tertiary/aromatic N) is 3. The van der Waals surface area contributed by atoms with E-state index in [-0.39, 0.29) is 30.1 Å². The molecule has 8 nitrogen and oxygen atoms in total. The normalized spacial score (nSPS) is 22.0. The first-order valence-corrected chi connectivity index (χ1v) is 11.4. The molecule has 0 aromatic carbocycles. The lowest BCUT2D eigenvalue weighted by Gasteiger charge is -2.37. The van der Waals surface area contributed by atoms with Crippen molar-refractivity contribution in [1.29, 1.82) is 0 Å². The molecule has 2 aliphatic heterocycles. The smallest absolute Gasteiger partial charge is 0.410 e. The molecule has 0 radical (unpaired) electrons. The van der Waals surface area contributed by atoms with Crippen LogP contribution in [0.3, 0.4) is 0 Å². The molecule has 0 aromatic rings. The molecule has 2 rings (SSSR count). The van der Waals surface area contributed by atoms with Gasteiger partial charge in [-0.15, -0.1) is 24.0 Å². The fraction of sp³-hybridized carbons (Fsp3) is 0.909. The standard InChI is InChI=1S/C22H43N5O3.HI/c1-17(2)19(26-10-12-29-13-11-26)15-25-20(23-6)24-14-18-8-7-9-27(16-18)21(28)30-22(3,4)5;/h17-19H,7-16H2,1-6H3,(H2,23,24,25);1H. The van der Waals surface area contributed by atoms with Crippen LogP contribution >= 0.6 is 24.0 Å². The summed E-state index contributed by atoms with van der Waals surface area (Å²) >= 11 is 0. The molecule has 2 fully saturated rings. The molecule has 0 spiro atoms. The van der Waals surface area contributed by atoms with Crippen molar-refractivity contribution in [3.63, 3.8) is 0 Å². The van der Waals surface area contributed by atoms with E-state index >= 15 is 0 Å². The van der Waals surface area contributed by atoms with Crippen LogP contribution < -0.4 is 10.6 Å². The molecule has 2 N–H and O–H groups in total. The Morgan fingerprint density at radius 1 is 1.19 bits per heavy atom. The molecule has 2 saturated heterocycles. The van der Waals surface area contributed by atoms with E-state index in [1.54, 1.807) is 0 Å². The molecule has 2 aliphatic rings. The highest BCUT2D eigenvalue weighted by atomic mass is 127. The lowest BCUT2D eigenvalue weighted by molar-refractivity contribution is 0.00751. The van der Waals surface area contributed by atoms with Gasteiger partial charge < -0.3 is 25.0 Å². The molecule has 182 valence electrons. The number of hydrogen-bond acceptors (Lipinski definition) is 5. The fourth-order valence-corrected chi connectivity index (χ4v) is 4.08. The van der Waals surface area contributed by atoms with Crippen molar-refractivity contribution in [3.8, 4) is 0 Å². The van der Waals surface area contributed by atoms with Crippen molar-refractivity contribution >= 4 is 36.0 Å². The number of hydrogen-bond donors (Lipinski definition) is 2. The SMILES string of the molecule is CN=C(NCC1CCCN(C(=O)OC(C)(C)C)C1)NCC(C(C)C)N1CCOCC1.I. The maximum Gasteiger partial charge on any atom is 0.410 e. The summed E-state index contributed by atoms with van der Waals surface area (Å²) in [6.07, 6.45) is 1.90. The fourth-order valence-electron chi connectivity index (χ4n) is 4.08. The van der Waals surface area contributed by atoms with E-state index in [0.29, 0.717) is 17.9 Å². The molecule has 0 aliphatic carbocycles. The number of amides is 1. The van der Waals surface area contributed by atoms with Gasteiger partial charge in [-0.3, -0.25) is 9.89 Å². The largest absolute Gasteiger partial charge is 0.444 e. The Kier molecular flexibility index (Phi) is 12.4. The second-order valence-corrected chi connectivity index (χ2v) is 9.73. The number of piperidine rings is 1. The first kappa shape index (κ1) is 28.2. The summed E-state index contributed by atoms with van der Waals surface area (Å²) in [4.78, 5) is 21.1. The topological polar surface area (TPSA) is 78.4 Å². The lowest BCUT2D eigenvalue weighted by atomic mass is 9.98. The highest BCUT2D eigenvalue weighted by Gasteiger charge is 2.28. The number of likely N-dealkylation sites (tertiary alicyclic amines) is 1. The van der Waals surface area contributed by atoms with Crippen LogP contribution in [-0.4, -0.2) is 93.0 Å². The Hall–Kier alpha value is -0.810. The van der Waals surface area contributed by atoms with Gasteiger partial charge in [0.05, 0.1) is 13.2 Å². The summed E-state index contributed by atoms with van der Waals surface area (Å²) in [5.74, 6) is 1.77.